The zero-order valence-electron chi connectivity index (χ0n) is 23.7. The number of ketones is 1. The van der Waals surface area contributed by atoms with Crippen molar-refractivity contribution in [3.05, 3.63) is 179 Å². The molecule has 1 nitrogen and oxygen atoms in total. The summed E-state index contributed by atoms with van der Waals surface area (Å²) in [7, 11) is -2.05. The van der Waals surface area contributed by atoms with Crippen molar-refractivity contribution in [1.82, 2.24) is 0 Å². The van der Waals surface area contributed by atoms with Crippen LogP contribution < -0.4 is 0 Å². The van der Waals surface area contributed by atoms with Gasteiger partial charge >= 0.3 is 0 Å². The maximum absolute atomic E-state index is 13.9. The maximum Gasteiger partial charge on any atom is 0.199 e. The summed E-state index contributed by atoms with van der Waals surface area (Å²) in [6, 6.07) is 53.6. The molecule has 0 saturated carbocycles. The number of hydrogen-bond donors (Lipinski definition) is 0. The standard InChI is InChI=1S/C38H39OP2/c39-38(37-24-14-5-15-25-37)32-41(30-35-20-10-3-11-21-35,31-36-22-12-4-13-23-36)27-26-40(28-33-16-6-1-7-17-33)29-34-18-8-2-9-19-34/h1-25H,26-32H2/q+1. The van der Waals surface area contributed by atoms with Crippen molar-refractivity contribution in [2.45, 2.75) is 24.6 Å². The van der Waals surface area contributed by atoms with Crippen LogP contribution in [0.4, 0.5) is 0 Å². The molecule has 0 bridgehead atoms. The number of carbonyl (C=O) groups excluding carboxylic acids is 1. The molecule has 0 atom stereocenters. The predicted molar refractivity (Wildman–Crippen MR) is 180 cm³/mol. The molecule has 206 valence electrons. The number of carbonyl (C=O) groups is 1. The summed E-state index contributed by atoms with van der Waals surface area (Å²) in [5, 5.41) is 0. The van der Waals surface area contributed by atoms with Gasteiger partial charge in [0.2, 0.25) is 0 Å². The fraction of sp³-hybridized carbons (Fsp3) is 0.184. The highest BCUT2D eigenvalue weighted by Gasteiger charge is 2.41. The molecule has 0 unspecified atom stereocenters. The molecule has 0 fully saturated rings. The first-order chi connectivity index (χ1) is 20.2. The van der Waals surface area contributed by atoms with Crippen molar-refractivity contribution in [2.24, 2.45) is 0 Å². The van der Waals surface area contributed by atoms with Crippen LogP contribution in [0, 0.1) is 0 Å². The highest BCUT2D eigenvalue weighted by atomic mass is 31.2. The van der Waals surface area contributed by atoms with E-state index in [1.165, 1.54) is 28.4 Å². The Hall–Kier alpha value is -3.37. The fourth-order valence-corrected chi connectivity index (χ4v) is 13.9. The SMILES string of the molecule is O=C(C[P+](CCP(Cc1ccccc1)Cc1ccccc1)(Cc1ccccc1)Cc1ccccc1)c1ccccc1. The molecule has 5 rings (SSSR count). The lowest BCUT2D eigenvalue weighted by molar-refractivity contribution is 0.102. The normalized spacial score (nSPS) is 11.4. The molecule has 5 aromatic carbocycles. The van der Waals surface area contributed by atoms with E-state index in [2.05, 4.69) is 121 Å². The van der Waals surface area contributed by atoms with Gasteiger partial charge in [-0.05, 0) is 34.6 Å². The minimum absolute atomic E-state index is 0.290. The molecule has 0 saturated heterocycles. The Morgan fingerprint density at radius 2 is 0.854 bits per heavy atom. The van der Waals surface area contributed by atoms with Gasteiger partial charge in [-0.3, -0.25) is 4.79 Å². The highest BCUT2D eigenvalue weighted by molar-refractivity contribution is 7.76. The van der Waals surface area contributed by atoms with Crippen LogP contribution >= 0.6 is 15.2 Å². The largest absolute Gasteiger partial charge is 0.290 e. The van der Waals surface area contributed by atoms with E-state index in [9.17, 15) is 4.79 Å². The van der Waals surface area contributed by atoms with Crippen LogP contribution in [0.15, 0.2) is 152 Å². The first-order valence-electron chi connectivity index (χ1n) is 14.5. The molecule has 0 N–H and O–H groups in total. The third kappa shape index (κ3) is 9.06. The molecule has 0 aliphatic heterocycles. The van der Waals surface area contributed by atoms with Crippen LogP contribution in [0.25, 0.3) is 0 Å². The van der Waals surface area contributed by atoms with E-state index >= 15 is 0 Å². The van der Waals surface area contributed by atoms with Gasteiger partial charge in [-0.1, -0.05) is 160 Å². The van der Waals surface area contributed by atoms with E-state index in [-0.39, 0.29) is 7.92 Å². The monoisotopic (exact) mass is 573 g/mol. The van der Waals surface area contributed by atoms with Gasteiger partial charge in [0, 0.05) is 19.0 Å². The van der Waals surface area contributed by atoms with Crippen molar-refractivity contribution in [2.75, 3.05) is 18.5 Å². The molecule has 0 aliphatic carbocycles. The number of hydrogen-bond acceptors (Lipinski definition) is 1. The molecule has 41 heavy (non-hydrogen) atoms. The minimum atomic E-state index is -1.76. The smallest absolute Gasteiger partial charge is 0.199 e. The summed E-state index contributed by atoms with van der Waals surface area (Å²) in [6.45, 7) is 0. The fourth-order valence-electron chi connectivity index (χ4n) is 5.62. The average Bonchev–Trinajstić information content (AvgIpc) is 3.02. The Kier molecular flexibility index (Phi) is 10.7. The van der Waals surface area contributed by atoms with E-state index in [1.807, 2.05) is 30.3 Å². The summed E-state index contributed by atoms with van der Waals surface area (Å²) in [5.74, 6) is 0.293. The molecule has 0 amide bonds. The van der Waals surface area contributed by atoms with Gasteiger partial charge in [-0.25, -0.2) is 0 Å². The number of benzene rings is 5. The Labute approximate surface area is 247 Å². The molecule has 0 heterocycles. The number of rotatable bonds is 14. The summed E-state index contributed by atoms with van der Waals surface area (Å²) in [5.41, 5.74) is 6.39. The second-order valence-corrected chi connectivity index (χ2v) is 17.5. The van der Waals surface area contributed by atoms with E-state index in [1.54, 1.807) is 0 Å². The van der Waals surface area contributed by atoms with Gasteiger partial charge in [0.1, 0.15) is 6.16 Å². The average molecular weight is 574 g/mol. The van der Waals surface area contributed by atoms with Crippen LogP contribution in [-0.4, -0.2) is 24.3 Å². The van der Waals surface area contributed by atoms with Gasteiger partial charge in [-0.15, -0.1) is 0 Å². The summed E-state index contributed by atoms with van der Waals surface area (Å²) >= 11 is 0. The number of Topliss-reactive ketones (excluding diaryl/α,β-unsaturated/α-hetero) is 1. The zero-order chi connectivity index (χ0) is 28.2. The second kappa shape index (κ2) is 15.0. The lowest BCUT2D eigenvalue weighted by Gasteiger charge is -2.30. The molecule has 5 aromatic rings. The molecule has 0 aliphatic rings. The quantitative estimate of drug-likeness (QED) is 0.0954. The Morgan fingerprint density at radius 1 is 0.488 bits per heavy atom. The van der Waals surface area contributed by atoms with Crippen LogP contribution in [0.3, 0.4) is 0 Å². The van der Waals surface area contributed by atoms with Crippen LogP contribution in [0.2, 0.25) is 0 Å². The van der Waals surface area contributed by atoms with Crippen molar-refractivity contribution >= 4 is 21.0 Å². The zero-order valence-corrected chi connectivity index (χ0v) is 25.5. The topological polar surface area (TPSA) is 17.1 Å². The van der Waals surface area contributed by atoms with Gasteiger partial charge < -0.3 is 0 Å². The third-order valence-corrected chi connectivity index (χ3v) is 14.7. The Balaban J connectivity index is 1.48. The Morgan fingerprint density at radius 3 is 1.27 bits per heavy atom. The van der Waals surface area contributed by atoms with Gasteiger partial charge in [0.25, 0.3) is 0 Å². The molecule has 0 aromatic heterocycles. The van der Waals surface area contributed by atoms with E-state index < -0.39 is 7.26 Å². The molecule has 0 radical (unpaired) electrons. The van der Waals surface area contributed by atoms with Gasteiger partial charge in [0.15, 0.2) is 5.78 Å². The lowest BCUT2D eigenvalue weighted by Crippen LogP contribution is -2.18. The van der Waals surface area contributed by atoms with E-state index in [0.717, 1.165) is 36.4 Å². The lowest BCUT2D eigenvalue weighted by atomic mass is 10.2. The maximum atomic E-state index is 13.9. The third-order valence-electron chi connectivity index (χ3n) is 7.68. The van der Waals surface area contributed by atoms with E-state index in [4.69, 9.17) is 0 Å². The van der Waals surface area contributed by atoms with Crippen LogP contribution in [-0.2, 0) is 24.6 Å². The van der Waals surface area contributed by atoms with Crippen molar-refractivity contribution in [3.8, 4) is 0 Å². The first kappa shape index (κ1) is 29.1. The summed E-state index contributed by atoms with van der Waals surface area (Å²) < 4.78 is 0. The second-order valence-electron chi connectivity index (χ2n) is 11.0. The molecular formula is C38H39OP2+. The summed E-state index contributed by atoms with van der Waals surface area (Å²) in [6.07, 6.45) is 7.20. The minimum Gasteiger partial charge on any atom is -0.290 e. The van der Waals surface area contributed by atoms with Crippen molar-refractivity contribution < 1.29 is 4.79 Å². The van der Waals surface area contributed by atoms with Gasteiger partial charge in [-0.2, -0.15) is 0 Å². The van der Waals surface area contributed by atoms with Gasteiger partial charge in [0.05, 0.1) is 18.5 Å². The van der Waals surface area contributed by atoms with Crippen molar-refractivity contribution in [3.63, 3.8) is 0 Å². The first-order valence-corrected chi connectivity index (χ1v) is 18.9. The summed E-state index contributed by atoms with van der Waals surface area (Å²) in [4.78, 5) is 13.9. The van der Waals surface area contributed by atoms with Crippen LogP contribution in [0.1, 0.15) is 32.6 Å². The predicted octanol–water partition coefficient (Wildman–Crippen LogP) is 10.2. The van der Waals surface area contributed by atoms with Crippen molar-refractivity contribution in [1.29, 1.82) is 0 Å². The Bertz CT molecular complexity index is 1370. The highest BCUT2D eigenvalue weighted by Crippen LogP contribution is 2.66. The van der Waals surface area contributed by atoms with E-state index in [0.29, 0.717) is 11.9 Å². The molecule has 3 heteroatoms. The molecule has 0 spiro atoms. The molecular weight excluding hydrogens is 534 g/mol. The van der Waals surface area contributed by atoms with Crippen LogP contribution in [0.5, 0.6) is 0 Å².